The summed E-state index contributed by atoms with van der Waals surface area (Å²) >= 11 is 5.51. The van der Waals surface area contributed by atoms with Crippen LogP contribution in [0.1, 0.15) is 94.0 Å². The molecule has 0 aliphatic rings. The quantitative estimate of drug-likeness (QED) is 0.0351. The monoisotopic (exact) mass is 969 g/mol. The van der Waals surface area contributed by atoms with Crippen molar-refractivity contribution in [2.75, 3.05) is 51.1 Å². The lowest BCUT2D eigenvalue weighted by Gasteiger charge is -2.27. The van der Waals surface area contributed by atoms with E-state index in [2.05, 4.69) is 10.6 Å². The Hall–Kier alpha value is -8.01. The molecule has 5 aromatic rings. The molecule has 0 atom stereocenters. The second-order valence-electron chi connectivity index (χ2n) is 16.9. The first-order valence-corrected chi connectivity index (χ1v) is 22.4. The molecule has 4 amide bonds. The molecule has 0 spiro atoms. The highest BCUT2D eigenvalue weighted by atomic mass is 32.1. The zero-order chi connectivity index (χ0) is 50.4. The molecule has 0 saturated heterocycles. The van der Waals surface area contributed by atoms with E-state index in [1.807, 2.05) is 45.0 Å². The molecule has 0 saturated carbocycles. The van der Waals surface area contributed by atoms with E-state index in [0.29, 0.717) is 11.4 Å². The number of pyridine rings is 4. The predicted molar refractivity (Wildman–Crippen MR) is 256 cm³/mol. The number of nitrogens with zero attached hydrogens (tertiary/aromatic N) is 7. The number of benzene rings is 1. The Kier molecular flexibility index (Phi) is 17.8. The highest BCUT2D eigenvalue weighted by molar-refractivity contribution is 7.80. The minimum Gasteiger partial charge on any atom is -0.425 e. The zero-order valence-electron chi connectivity index (χ0n) is 38.3. The van der Waals surface area contributed by atoms with Crippen LogP contribution in [0.4, 0.5) is 5.69 Å². The van der Waals surface area contributed by atoms with E-state index in [-0.39, 0.29) is 119 Å². The van der Waals surface area contributed by atoms with Crippen molar-refractivity contribution >= 4 is 46.5 Å². The minimum absolute atomic E-state index is 0.00559. The summed E-state index contributed by atoms with van der Waals surface area (Å²) in [5, 5.41) is 47.2. The molecule has 21 nitrogen and oxygen atoms in total. The fraction of sp³-hybridized carbons (Fsp3) is 0.340. The Morgan fingerprint density at radius 1 is 0.507 bits per heavy atom. The molecule has 5 rings (SSSR count). The number of hydrogen-bond donors (Lipinski definition) is 6. The fourth-order valence-corrected chi connectivity index (χ4v) is 7.09. The molecule has 366 valence electrons. The van der Waals surface area contributed by atoms with Gasteiger partial charge in [0.25, 0.3) is 45.9 Å². The van der Waals surface area contributed by atoms with E-state index in [9.17, 15) is 59.2 Å². The number of rotatable bonds is 21. The number of amides is 4. The van der Waals surface area contributed by atoms with Crippen molar-refractivity contribution in [2.24, 2.45) is 5.41 Å². The maximum Gasteiger partial charge on any atom is 0.283 e. The van der Waals surface area contributed by atoms with Crippen LogP contribution in [0.15, 0.2) is 116 Å². The summed E-state index contributed by atoms with van der Waals surface area (Å²) in [6.45, 7) is 6.22. The summed E-state index contributed by atoms with van der Waals surface area (Å²) < 4.78 is 0.906. The largest absolute Gasteiger partial charge is 0.425 e. The average molecular weight is 970 g/mol. The van der Waals surface area contributed by atoms with Crippen molar-refractivity contribution in [3.05, 3.63) is 167 Å². The maximum absolute atomic E-state index is 14.0. The molecule has 1 aromatic carbocycles. The summed E-state index contributed by atoms with van der Waals surface area (Å²) in [4.78, 5) is 108. The van der Waals surface area contributed by atoms with Crippen molar-refractivity contribution in [1.29, 1.82) is 0 Å². The summed E-state index contributed by atoms with van der Waals surface area (Å²) in [6, 6.07) is 22.2. The van der Waals surface area contributed by atoms with Gasteiger partial charge in [0.05, 0.1) is 4.99 Å². The van der Waals surface area contributed by atoms with Crippen molar-refractivity contribution in [2.45, 2.75) is 52.9 Å². The molecule has 69 heavy (non-hydrogen) atoms. The lowest BCUT2D eigenvalue weighted by molar-refractivity contribution is 0.0637. The molecule has 22 heteroatoms. The van der Waals surface area contributed by atoms with Crippen LogP contribution in [0.5, 0.6) is 0 Å². The topological polar surface area (TPSA) is 271 Å². The lowest BCUT2D eigenvalue weighted by Crippen LogP contribution is -2.41. The van der Waals surface area contributed by atoms with E-state index in [1.165, 1.54) is 63.2 Å². The third-order valence-corrected chi connectivity index (χ3v) is 11.6. The van der Waals surface area contributed by atoms with Crippen LogP contribution >= 0.6 is 12.2 Å². The number of carbonyl (C=O) groups excluding carboxylic acids is 4. The Bertz CT molecular complexity index is 2900. The number of unbranched alkanes of at least 4 members (excludes halogenated alkanes) is 1. The summed E-state index contributed by atoms with van der Waals surface area (Å²) in [5.41, 5.74) is -3.14. The molecule has 0 aliphatic carbocycles. The van der Waals surface area contributed by atoms with E-state index in [0.717, 1.165) is 35.5 Å². The van der Waals surface area contributed by atoms with Gasteiger partial charge in [-0.15, -0.1) is 18.9 Å². The first-order chi connectivity index (χ1) is 32.8. The van der Waals surface area contributed by atoms with Gasteiger partial charge in [-0.25, -0.2) is 0 Å². The van der Waals surface area contributed by atoms with Crippen LogP contribution in [0.3, 0.4) is 0 Å². The Balaban J connectivity index is 1.30. The molecule has 4 heterocycles. The van der Waals surface area contributed by atoms with Crippen LogP contribution in [-0.4, -0.2) is 129 Å². The number of aromatic nitrogens is 4. The molecule has 0 fully saturated rings. The highest BCUT2D eigenvalue weighted by Gasteiger charge is 2.25. The number of hydrogen-bond acceptors (Lipinski definition) is 13. The van der Waals surface area contributed by atoms with E-state index >= 15 is 0 Å². The molecule has 0 aliphatic heterocycles. The fourth-order valence-electron chi connectivity index (χ4n) is 6.97. The Morgan fingerprint density at radius 2 is 0.870 bits per heavy atom. The SMILES string of the molecule is CC(C)(C)C(=S)Nc1ccc(CCN(CCCN(CCCCN(CCCNC(=O)c2cccc(=O)n2O)C(=O)c2cccc(=O)n2O)C(=O)c2cccc(=O)n2O)C(=O)c2cccc(=O)n2O)cc1. The summed E-state index contributed by atoms with van der Waals surface area (Å²) in [5.74, 6) is -2.84. The third kappa shape index (κ3) is 13.8. The highest BCUT2D eigenvalue weighted by Crippen LogP contribution is 2.20. The van der Waals surface area contributed by atoms with Crippen LogP contribution in [0.25, 0.3) is 0 Å². The molecular weight excluding hydrogens is 915 g/mol. The number of anilines is 1. The van der Waals surface area contributed by atoms with Gasteiger partial charge in [0, 0.05) is 81.2 Å². The van der Waals surface area contributed by atoms with Crippen molar-refractivity contribution in [1.82, 2.24) is 38.9 Å². The van der Waals surface area contributed by atoms with E-state index in [1.54, 1.807) is 0 Å². The average Bonchev–Trinajstić information content (AvgIpc) is 3.31. The van der Waals surface area contributed by atoms with Gasteiger partial charge in [-0.2, -0.15) is 0 Å². The Labute approximate surface area is 400 Å². The van der Waals surface area contributed by atoms with Crippen LogP contribution in [0.2, 0.25) is 0 Å². The number of thiocarbonyl (C=S) groups is 1. The number of carbonyl (C=O) groups is 4. The first kappa shape index (κ1) is 52.0. The van der Waals surface area contributed by atoms with E-state index in [4.69, 9.17) is 12.2 Å². The zero-order valence-corrected chi connectivity index (χ0v) is 39.1. The van der Waals surface area contributed by atoms with Crippen molar-refractivity contribution in [3.8, 4) is 0 Å². The van der Waals surface area contributed by atoms with Gasteiger partial charge in [-0.05, 0) is 74.1 Å². The van der Waals surface area contributed by atoms with Gasteiger partial charge < -0.3 is 46.2 Å². The van der Waals surface area contributed by atoms with E-state index < -0.39 is 45.9 Å². The van der Waals surface area contributed by atoms with Crippen LogP contribution in [0, 0.1) is 5.41 Å². The van der Waals surface area contributed by atoms with Crippen LogP contribution in [-0.2, 0) is 6.42 Å². The normalized spacial score (nSPS) is 11.1. The Morgan fingerprint density at radius 3 is 1.29 bits per heavy atom. The van der Waals surface area contributed by atoms with Gasteiger partial charge in [-0.1, -0.05) is 69.4 Å². The molecular formula is C47H55N9O12S. The summed E-state index contributed by atoms with van der Waals surface area (Å²) in [7, 11) is 0. The standard InChI is InChI=1S/C47H55N9O12S/c1-47(2,3)46(69)49-33-22-20-32(21-23-33)24-31-52(45(64)37-15-9-19-41(60)56(37)68)30-11-29-51(44(63)36-14-8-18-40(59)55(36)67)27-5-4-26-50(43(62)35-13-7-17-39(58)54(35)66)28-10-25-48-42(61)34-12-6-16-38(57)53(34)65/h6-9,12-23,65-68H,4-5,10-11,24-31H2,1-3H3,(H,48,61)(H,49,69). The smallest absolute Gasteiger partial charge is 0.283 e. The second-order valence-corrected chi connectivity index (χ2v) is 17.4. The second kappa shape index (κ2) is 23.6. The molecule has 0 bridgehead atoms. The number of nitrogens with one attached hydrogen (secondary N) is 2. The summed E-state index contributed by atoms with van der Waals surface area (Å²) in [6.07, 6.45) is 1.18. The van der Waals surface area contributed by atoms with Crippen molar-refractivity contribution in [3.63, 3.8) is 0 Å². The van der Waals surface area contributed by atoms with Crippen molar-refractivity contribution < 1.29 is 40.0 Å². The van der Waals surface area contributed by atoms with Gasteiger partial charge in [-0.3, -0.25) is 38.4 Å². The predicted octanol–water partition coefficient (Wildman–Crippen LogP) is 3.03. The molecule has 6 N–H and O–H groups in total. The van der Waals surface area contributed by atoms with Gasteiger partial charge in [0.15, 0.2) is 0 Å². The maximum atomic E-state index is 14.0. The van der Waals surface area contributed by atoms with Crippen LogP contribution < -0.4 is 32.9 Å². The first-order valence-electron chi connectivity index (χ1n) is 22.0. The van der Waals surface area contributed by atoms with Gasteiger partial charge in [0.2, 0.25) is 0 Å². The molecule has 0 unspecified atom stereocenters. The van der Waals surface area contributed by atoms with Gasteiger partial charge in [0.1, 0.15) is 22.8 Å². The van der Waals surface area contributed by atoms with Gasteiger partial charge >= 0.3 is 0 Å². The molecule has 4 aromatic heterocycles. The third-order valence-electron chi connectivity index (χ3n) is 10.9. The molecule has 0 radical (unpaired) electrons. The lowest BCUT2D eigenvalue weighted by atomic mass is 9.96. The minimum atomic E-state index is -0.848.